The van der Waals surface area contributed by atoms with Gasteiger partial charge in [-0.25, -0.2) is 4.99 Å². The molecule has 2 atom stereocenters. The second-order valence-electron chi connectivity index (χ2n) is 6.78. The zero-order valence-corrected chi connectivity index (χ0v) is 15.2. The van der Waals surface area contributed by atoms with E-state index in [1.165, 1.54) is 25.9 Å². The third-order valence-electron chi connectivity index (χ3n) is 4.41. The molecule has 0 aromatic carbocycles. The first kappa shape index (κ1) is 18.8. The maximum Gasteiger partial charge on any atom is 0.191 e. The van der Waals surface area contributed by atoms with Gasteiger partial charge in [-0.15, -0.1) is 0 Å². The van der Waals surface area contributed by atoms with E-state index in [-0.39, 0.29) is 6.54 Å². The molecule has 1 aliphatic rings. The molecule has 136 valence electrons. The van der Waals surface area contributed by atoms with Gasteiger partial charge < -0.3 is 25.1 Å². The number of hydrogen-bond acceptors (Lipinski definition) is 4. The van der Waals surface area contributed by atoms with Gasteiger partial charge in [-0.1, -0.05) is 6.92 Å². The van der Waals surface area contributed by atoms with E-state index < -0.39 is 5.60 Å². The molecule has 0 aliphatic carbocycles. The summed E-state index contributed by atoms with van der Waals surface area (Å²) >= 11 is 0. The Morgan fingerprint density at radius 3 is 2.96 bits per heavy atom. The summed E-state index contributed by atoms with van der Waals surface area (Å²) < 4.78 is 5.30. The van der Waals surface area contributed by atoms with Crippen molar-refractivity contribution >= 4 is 5.96 Å². The van der Waals surface area contributed by atoms with E-state index in [4.69, 9.17) is 4.42 Å². The molecule has 2 heterocycles. The van der Waals surface area contributed by atoms with Crippen molar-refractivity contribution in [1.29, 1.82) is 0 Å². The van der Waals surface area contributed by atoms with Crippen LogP contribution in [-0.2, 0) is 5.60 Å². The molecule has 1 aliphatic heterocycles. The van der Waals surface area contributed by atoms with Crippen LogP contribution in [0.3, 0.4) is 0 Å². The van der Waals surface area contributed by atoms with E-state index in [1.807, 2.05) is 6.92 Å². The zero-order chi connectivity index (χ0) is 17.4. The molecule has 1 fully saturated rings. The highest BCUT2D eigenvalue weighted by Gasteiger charge is 2.26. The minimum Gasteiger partial charge on any atom is -0.466 e. The van der Waals surface area contributed by atoms with Crippen LogP contribution in [0, 0.1) is 5.92 Å². The molecule has 0 spiro atoms. The number of aliphatic hydroxyl groups is 1. The van der Waals surface area contributed by atoms with E-state index in [0.29, 0.717) is 11.7 Å². The van der Waals surface area contributed by atoms with E-state index in [2.05, 4.69) is 27.4 Å². The minimum absolute atomic E-state index is 0.252. The van der Waals surface area contributed by atoms with Crippen molar-refractivity contribution in [2.75, 3.05) is 39.3 Å². The molecular weight excluding hydrogens is 304 g/mol. The smallest absolute Gasteiger partial charge is 0.191 e. The Balaban J connectivity index is 1.85. The van der Waals surface area contributed by atoms with Crippen LogP contribution in [0.1, 0.15) is 39.4 Å². The standard InChI is InChI=1S/C18H32N4O2/c1-4-9-22-10-8-15(13-22)12-20-17(19-5-2)21-14-18(3,23)16-7-6-11-24-16/h6-7,11,15,23H,4-5,8-10,12-14H2,1-3H3,(H2,19,20,21). The summed E-state index contributed by atoms with van der Waals surface area (Å²) in [6, 6.07) is 3.55. The van der Waals surface area contributed by atoms with Crippen molar-refractivity contribution in [1.82, 2.24) is 15.5 Å². The molecule has 2 rings (SSSR count). The van der Waals surface area contributed by atoms with Crippen LogP contribution in [0.25, 0.3) is 0 Å². The van der Waals surface area contributed by atoms with E-state index in [9.17, 15) is 5.11 Å². The fraction of sp³-hybridized carbons (Fsp3) is 0.722. The number of nitrogens with one attached hydrogen (secondary N) is 2. The number of furan rings is 1. The summed E-state index contributed by atoms with van der Waals surface area (Å²) in [6.07, 6.45) is 4.02. The maximum atomic E-state index is 10.5. The molecule has 1 saturated heterocycles. The molecule has 6 heteroatoms. The van der Waals surface area contributed by atoms with Gasteiger partial charge in [-0.05, 0) is 57.8 Å². The Labute approximate surface area is 145 Å². The molecule has 2 unspecified atom stereocenters. The summed E-state index contributed by atoms with van der Waals surface area (Å²) in [6.45, 7) is 11.5. The lowest BCUT2D eigenvalue weighted by molar-refractivity contribution is 0.0437. The summed E-state index contributed by atoms with van der Waals surface area (Å²) in [5.74, 6) is 1.94. The lowest BCUT2D eigenvalue weighted by atomic mass is 10.0. The minimum atomic E-state index is -1.10. The van der Waals surface area contributed by atoms with Crippen LogP contribution < -0.4 is 10.6 Å². The SMILES string of the molecule is CCCN1CCC(CNC(=NCC(C)(O)c2ccco2)NCC)C1. The largest absolute Gasteiger partial charge is 0.466 e. The van der Waals surface area contributed by atoms with Gasteiger partial charge in [0.15, 0.2) is 5.96 Å². The highest BCUT2D eigenvalue weighted by atomic mass is 16.4. The summed E-state index contributed by atoms with van der Waals surface area (Å²) in [4.78, 5) is 7.05. The average molecular weight is 336 g/mol. The molecular formula is C18H32N4O2. The molecule has 24 heavy (non-hydrogen) atoms. The third kappa shape index (κ3) is 5.53. The first-order valence-electron chi connectivity index (χ1n) is 9.06. The molecule has 0 saturated carbocycles. The number of guanidine groups is 1. The second-order valence-corrected chi connectivity index (χ2v) is 6.78. The zero-order valence-electron chi connectivity index (χ0n) is 15.2. The monoisotopic (exact) mass is 336 g/mol. The lowest BCUT2D eigenvalue weighted by Gasteiger charge is -2.20. The topological polar surface area (TPSA) is 73.0 Å². The Morgan fingerprint density at radius 1 is 1.46 bits per heavy atom. The Kier molecular flexibility index (Phi) is 7.12. The first-order valence-corrected chi connectivity index (χ1v) is 9.06. The number of nitrogens with zero attached hydrogens (tertiary/aromatic N) is 2. The fourth-order valence-electron chi connectivity index (χ4n) is 3.08. The van der Waals surface area contributed by atoms with Crippen LogP contribution in [0.4, 0.5) is 0 Å². The second kappa shape index (κ2) is 9.08. The van der Waals surface area contributed by atoms with Crippen molar-refractivity contribution in [3.8, 4) is 0 Å². The normalized spacial score (nSPS) is 21.7. The predicted octanol–water partition coefficient (Wildman–Crippen LogP) is 1.77. The number of likely N-dealkylation sites (tertiary alicyclic amines) is 1. The van der Waals surface area contributed by atoms with E-state index >= 15 is 0 Å². The number of aliphatic imine (C=N–C) groups is 1. The van der Waals surface area contributed by atoms with Crippen molar-refractivity contribution < 1.29 is 9.52 Å². The first-order chi connectivity index (χ1) is 11.5. The summed E-state index contributed by atoms with van der Waals surface area (Å²) in [5.41, 5.74) is -1.10. The molecule has 0 amide bonds. The fourth-order valence-corrected chi connectivity index (χ4v) is 3.08. The van der Waals surface area contributed by atoms with E-state index in [1.54, 1.807) is 25.3 Å². The third-order valence-corrected chi connectivity index (χ3v) is 4.41. The predicted molar refractivity (Wildman–Crippen MR) is 97.1 cm³/mol. The van der Waals surface area contributed by atoms with E-state index in [0.717, 1.165) is 25.6 Å². The highest BCUT2D eigenvalue weighted by molar-refractivity contribution is 5.79. The van der Waals surface area contributed by atoms with Crippen LogP contribution in [-0.4, -0.2) is 55.2 Å². The average Bonchev–Trinajstić information content (AvgIpc) is 3.22. The Bertz CT molecular complexity index is 499. The molecule has 1 aromatic rings. The lowest BCUT2D eigenvalue weighted by Crippen LogP contribution is -2.41. The van der Waals surface area contributed by atoms with Crippen LogP contribution in [0.2, 0.25) is 0 Å². The van der Waals surface area contributed by atoms with Gasteiger partial charge in [0.05, 0.1) is 12.8 Å². The maximum absolute atomic E-state index is 10.5. The molecule has 3 N–H and O–H groups in total. The van der Waals surface area contributed by atoms with Crippen LogP contribution >= 0.6 is 0 Å². The van der Waals surface area contributed by atoms with Gasteiger partial charge in [0.25, 0.3) is 0 Å². The Morgan fingerprint density at radius 2 is 2.29 bits per heavy atom. The highest BCUT2D eigenvalue weighted by Crippen LogP contribution is 2.21. The summed E-state index contributed by atoms with van der Waals surface area (Å²) in [5, 5.41) is 17.2. The summed E-state index contributed by atoms with van der Waals surface area (Å²) in [7, 11) is 0. The van der Waals surface area contributed by atoms with Crippen LogP contribution in [0.5, 0.6) is 0 Å². The van der Waals surface area contributed by atoms with Gasteiger partial charge in [0.1, 0.15) is 11.4 Å². The van der Waals surface area contributed by atoms with Gasteiger partial charge in [0, 0.05) is 19.6 Å². The van der Waals surface area contributed by atoms with Crippen molar-refractivity contribution in [2.24, 2.45) is 10.9 Å². The molecule has 1 aromatic heterocycles. The number of rotatable bonds is 8. The van der Waals surface area contributed by atoms with Gasteiger partial charge in [-0.3, -0.25) is 0 Å². The van der Waals surface area contributed by atoms with Gasteiger partial charge >= 0.3 is 0 Å². The van der Waals surface area contributed by atoms with Crippen molar-refractivity contribution in [3.63, 3.8) is 0 Å². The molecule has 0 bridgehead atoms. The molecule has 6 nitrogen and oxygen atoms in total. The molecule has 0 radical (unpaired) electrons. The Hall–Kier alpha value is -1.53. The van der Waals surface area contributed by atoms with Gasteiger partial charge in [0.2, 0.25) is 0 Å². The van der Waals surface area contributed by atoms with Crippen LogP contribution in [0.15, 0.2) is 27.8 Å². The van der Waals surface area contributed by atoms with Gasteiger partial charge in [-0.2, -0.15) is 0 Å². The number of hydrogen-bond donors (Lipinski definition) is 3. The van der Waals surface area contributed by atoms with Crippen molar-refractivity contribution in [3.05, 3.63) is 24.2 Å². The quantitative estimate of drug-likeness (QED) is 0.498. The van der Waals surface area contributed by atoms with Crippen molar-refractivity contribution in [2.45, 2.75) is 39.2 Å².